The van der Waals surface area contributed by atoms with Crippen LogP contribution in [0, 0.1) is 13.8 Å². The molecule has 27 heavy (non-hydrogen) atoms. The Bertz CT molecular complexity index is 845. The van der Waals surface area contributed by atoms with E-state index in [-0.39, 0.29) is 18.0 Å². The average molecular weight is 369 g/mol. The van der Waals surface area contributed by atoms with Gasteiger partial charge in [0.15, 0.2) is 0 Å². The zero-order valence-corrected chi connectivity index (χ0v) is 16.4. The Kier molecular flexibility index (Phi) is 5.48. The van der Waals surface area contributed by atoms with Crippen LogP contribution in [-0.2, 0) is 11.3 Å². The zero-order valence-electron chi connectivity index (χ0n) is 16.4. The smallest absolute Gasteiger partial charge is 0.317 e. The molecule has 0 spiro atoms. The normalized spacial score (nSPS) is 17.1. The van der Waals surface area contributed by atoms with Crippen molar-refractivity contribution in [2.75, 3.05) is 20.6 Å². The van der Waals surface area contributed by atoms with E-state index in [1.165, 1.54) is 0 Å². The molecule has 1 aliphatic heterocycles. The van der Waals surface area contributed by atoms with Gasteiger partial charge in [0, 0.05) is 45.3 Å². The molecule has 1 atom stereocenters. The minimum absolute atomic E-state index is 0.00341. The lowest BCUT2D eigenvalue weighted by molar-refractivity contribution is -0.132. The molecule has 1 N–H and O–H groups in total. The Balaban J connectivity index is 1.63. The summed E-state index contributed by atoms with van der Waals surface area (Å²) in [6, 6.07) is 9.97. The first-order valence-corrected chi connectivity index (χ1v) is 9.21. The third-order valence-electron chi connectivity index (χ3n) is 4.89. The number of aromatic nitrogens is 2. The highest BCUT2D eigenvalue weighted by molar-refractivity contribution is 5.78. The van der Waals surface area contributed by atoms with Crippen LogP contribution >= 0.6 is 0 Å². The lowest BCUT2D eigenvalue weighted by atomic mass is 10.1. The molecule has 3 rings (SSSR count). The van der Waals surface area contributed by atoms with Crippen molar-refractivity contribution < 1.29 is 9.59 Å². The van der Waals surface area contributed by atoms with E-state index < -0.39 is 0 Å². The number of hydrogen-bond acceptors (Lipinski definition) is 3. The van der Waals surface area contributed by atoms with E-state index in [4.69, 9.17) is 0 Å². The third-order valence-corrected chi connectivity index (χ3v) is 4.89. The molecule has 7 nitrogen and oxygen atoms in total. The van der Waals surface area contributed by atoms with Crippen LogP contribution in [0.2, 0.25) is 0 Å². The summed E-state index contributed by atoms with van der Waals surface area (Å²) in [5.74, 6) is 0.134. The summed E-state index contributed by atoms with van der Waals surface area (Å²) in [7, 11) is 3.55. The minimum Gasteiger partial charge on any atom is -0.344 e. The van der Waals surface area contributed by atoms with Crippen molar-refractivity contribution >= 4 is 11.9 Å². The largest absolute Gasteiger partial charge is 0.344 e. The number of piperidine rings is 1. The van der Waals surface area contributed by atoms with Crippen molar-refractivity contribution in [2.24, 2.45) is 0 Å². The van der Waals surface area contributed by atoms with Crippen LogP contribution in [0.1, 0.15) is 29.8 Å². The van der Waals surface area contributed by atoms with Crippen molar-refractivity contribution in [1.29, 1.82) is 0 Å². The van der Waals surface area contributed by atoms with Gasteiger partial charge in [0.25, 0.3) is 0 Å². The summed E-state index contributed by atoms with van der Waals surface area (Å²) in [5, 5.41) is 7.54. The van der Waals surface area contributed by atoms with Crippen molar-refractivity contribution in [1.82, 2.24) is 24.9 Å². The average Bonchev–Trinajstić information content (AvgIpc) is 2.96. The maximum atomic E-state index is 12.5. The number of nitrogens with one attached hydrogen (secondary N) is 1. The van der Waals surface area contributed by atoms with E-state index in [0.29, 0.717) is 25.9 Å². The molecule has 1 fully saturated rings. The molecule has 144 valence electrons. The predicted octanol–water partition coefficient (Wildman–Crippen LogP) is 2.25. The number of aryl methyl sites for hydroxylation is 2. The summed E-state index contributed by atoms with van der Waals surface area (Å²) < 4.78 is 1.91. The second-order valence-corrected chi connectivity index (χ2v) is 7.32. The van der Waals surface area contributed by atoms with Crippen LogP contribution in [0.15, 0.2) is 30.3 Å². The van der Waals surface area contributed by atoms with Gasteiger partial charge in [-0.25, -0.2) is 9.48 Å². The van der Waals surface area contributed by atoms with Crippen molar-refractivity contribution in [3.63, 3.8) is 0 Å². The number of nitrogens with zero attached hydrogens (tertiary/aromatic N) is 4. The molecule has 1 unspecified atom stereocenters. The van der Waals surface area contributed by atoms with E-state index in [9.17, 15) is 9.59 Å². The molecule has 1 aromatic carbocycles. The molecule has 7 heteroatoms. The highest BCUT2D eigenvalue weighted by Crippen LogP contribution is 2.15. The Morgan fingerprint density at radius 3 is 2.78 bits per heavy atom. The number of benzene rings is 1. The van der Waals surface area contributed by atoms with E-state index >= 15 is 0 Å². The number of amides is 3. The molecule has 0 saturated carbocycles. The molecule has 3 amide bonds. The van der Waals surface area contributed by atoms with Gasteiger partial charge in [-0.15, -0.1) is 0 Å². The molecule has 0 bridgehead atoms. The number of carbonyl (C=O) groups is 2. The maximum Gasteiger partial charge on any atom is 0.317 e. The van der Waals surface area contributed by atoms with E-state index in [1.54, 1.807) is 23.9 Å². The van der Waals surface area contributed by atoms with Gasteiger partial charge < -0.3 is 15.1 Å². The van der Waals surface area contributed by atoms with Crippen LogP contribution < -0.4 is 5.32 Å². The number of urea groups is 1. The van der Waals surface area contributed by atoms with Crippen LogP contribution in [-0.4, -0.2) is 58.2 Å². The van der Waals surface area contributed by atoms with E-state index in [1.807, 2.05) is 42.8 Å². The van der Waals surface area contributed by atoms with E-state index in [0.717, 1.165) is 22.6 Å². The fourth-order valence-corrected chi connectivity index (χ4v) is 3.44. The first kappa shape index (κ1) is 18.9. The van der Waals surface area contributed by atoms with Crippen LogP contribution in [0.4, 0.5) is 4.79 Å². The lowest BCUT2D eigenvalue weighted by Gasteiger charge is -2.31. The zero-order chi connectivity index (χ0) is 19.6. The standard InChI is InChI=1S/C20H27N5O2/c1-14-10-15(2)25(22-14)18-7-5-6-16(11-18)12-24(4)20(27)21-17-8-9-19(26)23(3)13-17/h5-7,10-11,17H,8-9,12-13H2,1-4H3,(H,21,27). The molecule has 1 aromatic heterocycles. The Hall–Kier alpha value is -2.83. The van der Waals surface area contributed by atoms with Crippen LogP contribution in [0.3, 0.4) is 0 Å². The fourth-order valence-electron chi connectivity index (χ4n) is 3.44. The molecule has 0 radical (unpaired) electrons. The van der Waals surface area contributed by atoms with Gasteiger partial charge in [0.05, 0.1) is 11.4 Å². The Morgan fingerprint density at radius 2 is 2.11 bits per heavy atom. The van der Waals surface area contributed by atoms with Gasteiger partial charge >= 0.3 is 6.03 Å². The Labute approximate surface area is 159 Å². The lowest BCUT2D eigenvalue weighted by Crippen LogP contribution is -2.51. The van der Waals surface area contributed by atoms with Gasteiger partial charge in [0.1, 0.15) is 0 Å². The molecule has 1 aliphatic rings. The van der Waals surface area contributed by atoms with Gasteiger partial charge in [-0.3, -0.25) is 4.79 Å². The number of carbonyl (C=O) groups excluding carboxylic acids is 2. The third kappa shape index (κ3) is 4.48. The molecule has 0 aliphatic carbocycles. The first-order chi connectivity index (χ1) is 12.8. The highest BCUT2D eigenvalue weighted by atomic mass is 16.2. The first-order valence-electron chi connectivity index (χ1n) is 9.21. The topological polar surface area (TPSA) is 70.5 Å². The molecule has 2 heterocycles. The summed E-state index contributed by atoms with van der Waals surface area (Å²) in [4.78, 5) is 27.4. The maximum absolute atomic E-state index is 12.5. The van der Waals surface area contributed by atoms with Crippen molar-refractivity contribution in [3.8, 4) is 5.69 Å². The van der Waals surface area contributed by atoms with Crippen molar-refractivity contribution in [2.45, 2.75) is 39.3 Å². The Morgan fingerprint density at radius 1 is 1.33 bits per heavy atom. The number of likely N-dealkylation sites (N-methyl/N-ethyl adjacent to an activating group) is 1. The predicted molar refractivity (Wildman–Crippen MR) is 104 cm³/mol. The second kappa shape index (κ2) is 7.82. The number of hydrogen-bond donors (Lipinski definition) is 1. The molecule has 2 aromatic rings. The van der Waals surface area contributed by atoms with Gasteiger partial charge in [-0.2, -0.15) is 5.10 Å². The summed E-state index contributed by atoms with van der Waals surface area (Å²) in [6.07, 6.45) is 1.17. The van der Waals surface area contributed by atoms with Gasteiger partial charge in [0.2, 0.25) is 5.91 Å². The second-order valence-electron chi connectivity index (χ2n) is 7.32. The van der Waals surface area contributed by atoms with E-state index in [2.05, 4.69) is 16.5 Å². The summed E-state index contributed by atoms with van der Waals surface area (Å²) in [6.45, 7) is 5.06. The minimum atomic E-state index is -0.126. The summed E-state index contributed by atoms with van der Waals surface area (Å²) >= 11 is 0. The van der Waals surface area contributed by atoms with Crippen LogP contribution in [0.25, 0.3) is 5.69 Å². The fraction of sp³-hybridized carbons (Fsp3) is 0.450. The molecular formula is C20H27N5O2. The van der Waals surface area contributed by atoms with Gasteiger partial charge in [-0.05, 0) is 44.0 Å². The SMILES string of the molecule is Cc1cc(C)n(-c2cccc(CN(C)C(=O)NC3CCC(=O)N(C)C3)c2)n1. The molecular weight excluding hydrogens is 342 g/mol. The summed E-state index contributed by atoms with van der Waals surface area (Å²) in [5.41, 5.74) is 4.07. The van der Waals surface area contributed by atoms with Crippen LogP contribution in [0.5, 0.6) is 0 Å². The van der Waals surface area contributed by atoms with Gasteiger partial charge in [-0.1, -0.05) is 12.1 Å². The monoisotopic (exact) mass is 369 g/mol. The molecule has 1 saturated heterocycles. The number of rotatable bonds is 4. The van der Waals surface area contributed by atoms with Crippen molar-refractivity contribution in [3.05, 3.63) is 47.3 Å². The quantitative estimate of drug-likeness (QED) is 0.899. The highest BCUT2D eigenvalue weighted by Gasteiger charge is 2.25. The number of likely N-dealkylation sites (tertiary alicyclic amines) is 1.